The van der Waals surface area contributed by atoms with Crippen LogP contribution in [0.1, 0.15) is 25.8 Å². The van der Waals surface area contributed by atoms with Crippen LogP contribution < -0.4 is 5.32 Å². The Morgan fingerprint density at radius 3 is 2.70 bits per heavy atom. The lowest BCUT2D eigenvalue weighted by atomic mass is 10.4. The van der Waals surface area contributed by atoms with Gasteiger partial charge in [0, 0.05) is 26.9 Å². The average molecular weight is 286 g/mol. The molecule has 1 N–H and O–H groups in total. The molecule has 0 fully saturated rings. The normalized spacial score (nSPS) is 11.0. The summed E-state index contributed by atoms with van der Waals surface area (Å²) < 4.78 is 17.1. The van der Waals surface area contributed by atoms with Crippen LogP contribution in [-0.4, -0.2) is 54.4 Å². The number of ether oxygens (including phenoxy) is 3. The van der Waals surface area contributed by atoms with Crippen LogP contribution in [0.3, 0.4) is 0 Å². The molecule has 0 saturated carbocycles. The fourth-order valence-corrected chi connectivity index (χ4v) is 1.52. The summed E-state index contributed by atoms with van der Waals surface area (Å²) in [5, 5.41) is 10.6. The SMILES string of the molecule is CCOC(OCC)c1cn(CC(=O)NCCOC)nn1. The highest BCUT2D eigenvalue weighted by Crippen LogP contribution is 2.15. The van der Waals surface area contributed by atoms with Crippen LogP contribution in [0.2, 0.25) is 0 Å². The first kappa shape index (κ1) is 16.5. The Morgan fingerprint density at radius 1 is 1.40 bits per heavy atom. The molecule has 1 aromatic heterocycles. The molecule has 1 amide bonds. The van der Waals surface area contributed by atoms with E-state index in [0.717, 1.165) is 0 Å². The van der Waals surface area contributed by atoms with Crippen molar-refractivity contribution in [1.82, 2.24) is 20.3 Å². The van der Waals surface area contributed by atoms with Crippen molar-refractivity contribution in [3.05, 3.63) is 11.9 Å². The summed E-state index contributed by atoms with van der Waals surface area (Å²) >= 11 is 0. The van der Waals surface area contributed by atoms with Gasteiger partial charge in [0.15, 0.2) is 0 Å². The highest BCUT2D eigenvalue weighted by Gasteiger charge is 2.16. The average Bonchev–Trinajstić information content (AvgIpc) is 2.87. The Morgan fingerprint density at radius 2 is 2.10 bits per heavy atom. The number of nitrogens with one attached hydrogen (secondary N) is 1. The summed E-state index contributed by atoms with van der Waals surface area (Å²) in [5.41, 5.74) is 0.554. The lowest BCUT2D eigenvalue weighted by Crippen LogP contribution is -2.30. The molecule has 8 heteroatoms. The van der Waals surface area contributed by atoms with Gasteiger partial charge in [-0.05, 0) is 13.8 Å². The second-order valence-corrected chi connectivity index (χ2v) is 3.93. The zero-order valence-electron chi connectivity index (χ0n) is 12.2. The Hall–Kier alpha value is -1.51. The van der Waals surface area contributed by atoms with Crippen molar-refractivity contribution in [3.63, 3.8) is 0 Å². The molecule has 0 aromatic carbocycles. The van der Waals surface area contributed by atoms with E-state index in [-0.39, 0.29) is 12.5 Å². The minimum atomic E-state index is -0.546. The van der Waals surface area contributed by atoms with E-state index in [1.807, 2.05) is 13.8 Å². The Labute approximate surface area is 118 Å². The van der Waals surface area contributed by atoms with Crippen LogP contribution in [0, 0.1) is 0 Å². The van der Waals surface area contributed by atoms with Gasteiger partial charge in [-0.3, -0.25) is 4.79 Å². The van der Waals surface area contributed by atoms with Crippen molar-refractivity contribution in [2.45, 2.75) is 26.7 Å². The fraction of sp³-hybridized carbons (Fsp3) is 0.750. The molecular formula is C12H22N4O4. The third-order valence-electron chi connectivity index (χ3n) is 2.37. The number of methoxy groups -OCH3 is 1. The molecule has 0 aliphatic heterocycles. The molecule has 0 aliphatic carbocycles. The third-order valence-corrected chi connectivity index (χ3v) is 2.37. The number of amides is 1. The molecule has 114 valence electrons. The van der Waals surface area contributed by atoms with Crippen LogP contribution in [-0.2, 0) is 25.5 Å². The summed E-state index contributed by atoms with van der Waals surface area (Å²) in [7, 11) is 1.58. The lowest BCUT2D eigenvalue weighted by molar-refractivity contribution is -0.142. The highest BCUT2D eigenvalue weighted by atomic mass is 16.7. The molecule has 0 radical (unpaired) electrons. The van der Waals surface area contributed by atoms with Crippen LogP contribution in [0.25, 0.3) is 0 Å². The molecule has 1 heterocycles. The van der Waals surface area contributed by atoms with Gasteiger partial charge in [0.25, 0.3) is 0 Å². The van der Waals surface area contributed by atoms with Crippen molar-refractivity contribution < 1.29 is 19.0 Å². The van der Waals surface area contributed by atoms with Gasteiger partial charge < -0.3 is 19.5 Å². The maximum atomic E-state index is 11.6. The van der Waals surface area contributed by atoms with E-state index in [4.69, 9.17) is 14.2 Å². The number of rotatable bonds is 10. The van der Waals surface area contributed by atoms with Gasteiger partial charge in [0.05, 0.1) is 12.8 Å². The van der Waals surface area contributed by atoms with Crippen molar-refractivity contribution in [2.24, 2.45) is 0 Å². The summed E-state index contributed by atoms with van der Waals surface area (Å²) in [6.45, 7) is 5.81. The molecule has 8 nitrogen and oxygen atoms in total. The lowest BCUT2D eigenvalue weighted by Gasteiger charge is -2.13. The number of hydrogen-bond acceptors (Lipinski definition) is 6. The Bertz CT molecular complexity index is 391. The standard InChI is InChI=1S/C12H22N4O4/c1-4-19-12(20-5-2)10-8-16(15-14-10)9-11(17)13-6-7-18-3/h8,12H,4-7,9H2,1-3H3,(H,13,17). The Balaban J connectivity index is 2.50. The molecule has 0 aliphatic rings. The fourth-order valence-electron chi connectivity index (χ4n) is 1.52. The molecule has 1 aromatic rings. The van der Waals surface area contributed by atoms with Crippen LogP contribution in [0.4, 0.5) is 0 Å². The third kappa shape index (κ3) is 5.64. The van der Waals surface area contributed by atoms with Crippen molar-refractivity contribution in [1.29, 1.82) is 0 Å². The van der Waals surface area contributed by atoms with Gasteiger partial charge in [-0.1, -0.05) is 5.21 Å². The number of nitrogens with zero attached hydrogens (tertiary/aromatic N) is 3. The van der Waals surface area contributed by atoms with E-state index in [1.54, 1.807) is 13.3 Å². The van der Waals surface area contributed by atoms with Gasteiger partial charge in [-0.2, -0.15) is 0 Å². The van der Waals surface area contributed by atoms with E-state index in [0.29, 0.717) is 32.1 Å². The Kier molecular flexibility index (Phi) is 7.78. The number of hydrogen-bond donors (Lipinski definition) is 1. The molecule has 0 unspecified atom stereocenters. The van der Waals surface area contributed by atoms with Gasteiger partial charge in [-0.25, -0.2) is 4.68 Å². The number of carbonyl (C=O) groups is 1. The molecule has 0 saturated heterocycles. The van der Waals surface area contributed by atoms with Gasteiger partial charge in [0.1, 0.15) is 12.2 Å². The smallest absolute Gasteiger partial charge is 0.241 e. The monoisotopic (exact) mass is 286 g/mol. The molecule has 1 rings (SSSR count). The molecular weight excluding hydrogens is 264 g/mol. The first-order chi connectivity index (χ1) is 9.71. The van der Waals surface area contributed by atoms with Gasteiger partial charge in [-0.15, -0.1) is 5.10 Å². The molecule has 20 heavy (non-hydrogen) atoms. The zero-order chi connectivity index (χ0) is 14.8. The predicted octanol–water partition coefficient (Wildman–Crippen LogP) is 0.112. The summed E-state index contributed by atoms with van der Waals surface area (Å²) in [6.07, 6.45) is 1.10. The van der Waals surface area contributed by atoms with Gasteiger partial charge in [0.2, 0.25) is 12.2 Å². The molecule has 0 atom stereocenters. The summed E-state index contributed by atoms with van der Waals surface area (Å²) in [5.74, 6) is -0.150. The van der Waals surface area contributed by atoms with Crippen LogP contribution in [0.5, 0.6) is 0 Å². The largest absolute Gasteiger partial charge is 0.383 e. The quantitative estimate of drug-likeness (QED) is 0.485. The second-order valence-electron chi connectivity index (χ2n) is 3.93. The number of aromatic nitrogens is 3. The van der Waals surface area contributed by atoms with E-state index < -0.39 is 6.29 Å². The van der Waals surface area contributed by atoms with E-state index >= 15 is 0 Å². The molecule has 0 bridgehead atoms. The summed E-state index contributed by atoms with van der Waals surface area (Å²) in [4.78, 5) is 11.6. The van der Waals surface area contributed by atoms with Gasteiger partial charge >= 0.3 is 0 Å². The van der Waals surface area contributed by atoms with E-state index in [2.05, 4.69) is 15.6 Å². The van der Waals surface area contributed by atoms with E-state index in [9.17, 15) is 4.79 Å². The first-order valence-corrected chi connectivity index (χ1v) is 6.60. The highest BCUT2D eigenvalue weighted by molar-refractivity contribution is 5.75. The second kappa shape index (κ2) is 9.40. The number of carbonyl (C=O) groups excluding carboxylic acids is 1. The van der Waals surface area contributed by atoms with Crippen molar-refractivity contribution in [3.8, 4) is 0 Å². The minimum Gasteiger partial charge on any atom is -0.383 e. The zero-order valence-corrected chi connectivity index (χ0v) is 12.2. The molecule has 0 spiro atoms. The minimum absolute atomic E-state index is 0.0989. The van der Waals surface area contributed by atoms with E-state index in [1.165, 1.54) is 4.68 Å². The summed E-state index contributed by atoms with van der Waals surface area (Å²) in [6, 6.07) is 0. The predicted molar refractivity (Wildman–Crippen MR) is 70.9 cm³/mol. The topological polar surface area (TPSA) is 87.5 Å². The maximum absolute atomic E-state index is 11.6. The van der Waals surface area contributed by atoms with Crippen LogP contribution >= 0.6 is 0 Å². The van der Waals surface area contributed by atoms with Crippen molar-refractivity contribution >= 4 is 5.91 Å². The van der Waals surface area contributed by atoms with Crippen LogP contribution in [0.15, 0.2) is 6.20 Å². The maximum Gasteiger partial charge on any atom is 0.241 e. The van der Waals surface area contributed by atoms with Crippen molar-refractivity contribution in [2.75, 3.05) is 33.5 Å². The first-order valence-electron chi connectivity index (χ1n) is 6.60.